The number of carbonyl (C=O) groups excluding carboxylic acids is 1. The van der Waals surface area contributed by atoms with Crippen molar-refractivity contribution in [3.05, 3.63) is 4.88 Å². The van der Waals surface area contributed by atoms with Gasteiger partial charge in [-0.25, -0.2) is 4.98 Å². The van der Waals surface area contributed by atoms with E-state index in [1.807, 2.05) is 19.0 Å². The topological polar surface area (TPSA) is 71.2 Å². The standard InChI is InChI=1S/C15H28N4OS/c1-6-7-8-9-15(2,3)10-17-13(20)11-12(16)18-14(21-11)19(4)5/h6-10,16H2,1-5H3,(H,17,20). The number of hydrogen-bond acceptors (Lipinski definition) is 5. The minimum Gasteiger partial charge on any atom is -0.382 e. The largest absolute Gasteiger partial charge is 0.382 e. The van der Waals surface area contributed by atoms with E-state index >= 15 is 0 Å². The predicted octanol–water partition coefficient (Wildman–Crippen LogP) is 3.13. The molecule has 0 aliphatic carbocycles. The van der Waals surface area contributed by atoms with Gasteiger partial charge in [-0.05, 0) is 11.8 Å². The number of nitrogens with zero attached hydrogens (tertiary/aromatic N) is 2. The maximum absolute atomic E-state index is 12.2. The molecule has 6 heteroatoms. The molecule has 0 radical (unpaired) electrons. The molecular formula is C15H28N4OS. The van der Waals surface area contributed by atoms with Gasteiger partial charge < -0.3 is 16.0 Å². The first kappa shape index (κ1) is 17.8. The molecule has 0 fully saturated rings. The number of hydrogen-bond donors (Lipinski definition) is 2. The second-order valence-electron chi connectivity index (χ2n) is 6.41. The Hall–Kier alpha value is -1.30. The van der Waals surface area contributed by atoms with Crippen LogP contribution in [0, 0.1) is 5.41 Å². The van der Waals surface area contributed by atoms with Crippen LogP contribution in [0.2, 0.25) is 0 Å². The highest BCUT2D eigenvalue weighted by atomic mass is 32.1. The molecule has 1 rings (SSSR count). The molecule has 0 atom stereocenters. The van der Waals surface area contributed by atoms with Crippen molar-refractivity contribution in [3.63, 3.8) is 0 Å². The normalized spacial score (nSPS) is 11.5. The van der Waals surface area contributed by atoms with Gasteiger partial charge in [-0.2, -0.15) is 0 Å². The Bertz CT molecular complexity index is 468. The third-order valence-electron chi connectivity index (χ3n) is 3.42. The molecule has 0 unspecified atom stereocenters. The molecule has 120 valence electrons. The fraction of sp³-hybridized carbons (Fsp3) is 0.733. The minimum atomic E-state index is -0.123. The Kier molecular flexibility index (Phi) is 6.45. The van der Waals surface area contributed by atoms with Crippen molar-refractivity contribution in [2.75, 3.05) is 31.3 Å². The number of unbranched alkanes of at least 4 members (excludes halogenated alkanes) is 2. The Morgan fingerprint density at radius 2 is 2.05 bits per heavy atom. The number of nitrogen functional groups attached to an aromatic ring is 1. The third kappa shape index (κ3) is 5.53. The molecule has 0 aliphatic heterocycles. The summed E-state index contributed by atoms with van der Waals surface area (Å²) in [6.45, 7) is 7.22. The molecule has 0 saturated heterocycles. The molecule has 1 aromatic rings. The van der Waals surface area contributed by atoms with Crippen molar-refractivity contribution in [1.82, 2.24) is 10.3 Å². The fourth-order valence-electron chi connectivity index (χ4n) is 2.02. The van der Waals surface area contributed by atoms with Gasteiger partial charge in [0.2, 0.25) is 0 Å². The van der Waals surface area contributed by atoms with Crippen LogP contribution in [0.5, 0.6) is 0 Å². The lowest BCUT2D eigenvalue weighted by Crippen LogP contribution is -2.34. The van der Waals surface area contributed by atoms with Crippen molar-refractivity contribution in [1.29, 1.82) is 0 Å². The van der Waals surface area contributed by atoms with Crippen LogP contribution in [0.1, 0.15) is 56.1 Å². The van der Waals surface area contributed by atoms with E-state index in [0.717, 1.165) is 11.6 Å². The first-order valence-electron chi connectivity index (χ1n) is 7.48. The number of carbonyl (C=O) groups is 1. The number of aromatic nitrogens is 1. The van der Waals surface area contributed by atoms with Gasteiger partial charge >= 0.3 is 0 Å². The maximum atomic E-state index is 12.2. The van der Waals surface area contributed by atoms with Crippen LogP contribution < -0.4 is 16.0 Å². The Labute approximate surface area is 131 Å². The summed E-state index contributed by atoms with van der Waals surface area (Å²) in [4.78, 5) is 18.8. The van der Waals surface area contributed by atoms with Crippen LogP contribution in [0.15, 0.2) is 0 Å². The minimum absolute atomic E-state index is 0.106. The van der Waals surface area contributed by atoms with Crippen molar-refractivity contribution in [3.8, 4) is 0 Å². The quantitative estimate of drug-likeness (QED) is 0.723. The monoisotopic (exact) mass is 312 g/mol. The molecular weight excluding hydrogens is 284 g/mol. The van der Waals surface area contributed by atoms with Gasteiger partial charge in [0.05, 0.1) is 0 Å². The first-order valence-corrected chi connectivity index (χ1v) is 8.30. The SMILES string of the molecule is CCCCCC(C)(C)CNC(=O)c1sc(N(C)C)nc1N. The summed E-state index contributed by atoms with van der Waals surface area (Å²) in [7, 11) is 3.77. The second kappa shape index (κ2) is 7.64. The van der Waals surface area contributed by atoms with Crippen LogP contribution in [0.3, 0.4) is 0 Å². The van der Waals surface area contributed by atoms with E-state index < -0.39 is 0 Å². The van der Waals surface area contributed by atoms with Gasteiger partial charge in [0.25, 0.3) is 5.91 Å². The third-order valence-corrected chi connectivity index (χ3v) is 4.65. The average molecular weight is 312 g/mol. The average Bonchev–Trinajstić information content (AvgIpc) is 2.79. The lowest BCUT2D eigenvalue weighted by molar-refractivity contribution is 0.0939. The summed E-state index contributed by atoms with van der Waals surface area (Å²) in [5.74, 6) is 0.187. The predicted molar refractivity (Wildman–Crippen MR) is 91.1 cm³/mol. The second-order valence-corrected chi connectivity index (χ2v) is 7.39. The Morgan fingerprint density at radius 1 is 1.38 bits per heavy atom. The Morgan fingerprint density at radius 3 is 2.57 bits per heavy atom. The van der Waals surface area contributed by atoms with Gasteiger partial charge in [-0.15, -0.1) is 0 Å². The molecule has 1 amide bonds. The van der Waals surface area contributed by atoms with Crippen molar-refractivity contribution in [2.24, 2.45) is 5.41 Å². The molecule has 0 aromatic carbocycles. The van der Waals surface area contributed by atoms with E-state index in [1.165, 1.54) is 30.6 Å². The van der Waals surface area contributed by atoms with Gasteiger partial charge in [-0.3, -0.25) is 4.79 Å². The highest BCUT2D eigenvalue weighted by Crippen LogP contribution is 2.27. The Balaban J connectivity index is 2.57. The highest BCUT2D eigenvalue weighted by molar-refractivity contribution is 7.18. The van der Waals surface area contributed by atoms with E-state index in [9.17, 15) is 4.79 Å². The van der Waals surface area contributed by atoms with E-state index in [-0.39, 0.29) is 11.3 Å². The number of anilines is 2. The molecule has 0 aliphatic rings. The van der Waals surface area contributed by atoms with Gasteiger partial charge in [0, 0.05) is 20.6 Å². The lowest BCUT2D eigenvalue weighted by atomic mass is 9.87. The number of amides is 1. The maximum Gasteiger partial charge on any atom is 0.265 e. The van der Waals surface area contributed by atoms with Crippen molar-refractivity contribution < 1.29 is 4.79 Å². The van der Waals surface area contributed by atoms with E-state index in [1.54, 1.807) is 0 Å². The summed E-state index contributed by atoms with van der Waals surface area (Å²) in [5.41, 5.74) is 5.94. The van der Waals surface area contributed by atoms with Crippen LogP contribution >= 0.6 is 11.3 Å². The van der Waals surface area contributed by atoms with Crippen LogP contribution in [-0.2, 0) is 0 Å². The van der Waals surface area contributed by atoms with Gasteiger partial charge in [-0.1, -0.05) is 51.4 Å². The first-order chi connectivity index (χ1) is 9.76. The molecule has 3 N–H and O–H groups in total. The smallest absolute Gasteiger partial charge is 0.265 e. The highest BCUT2D eigenvalue weighted by Gasteiger charge is 2.21. The zero-order chi connectivity index (χ0) is 16.0. The summed E-state index contributed by atoms with van der Waals surface area (Å²) in [5, 5.41) is 3.74. The fourth-order valence-corrected chi connectivity index (χ4v) is 2.84. The molecule has 5 nitrogen and oxygen atoms in total. The number of thiazole rings is 1. The van der Waals surface area contributed by atoms with Crippen LogP contribution in [-0.4, -0.2) is 31.5 Å². The summed E-state index contributed by atoms with van der Waals surface area (Å²) in [6.07, 6.45) is 4.77. The zero-order valence-electron chi connectivity index (χ0n) is 13.8. The molecule has 1 aromatic heterocycles. The molecule has 21 heavy (non-hydrogen) atoms. The number of nitrogens with two attached hydrogens (primary N) is 1. The van der Waals surface area contributed by atoms with E-state index in [2.05, 4.69) is 31.1 Å². The van der Waals surface area contributed by atoms with Crippen LogP contribution in [0.4, 0.5) is 10.9 Å². The summed E-state index contributed by atoms with van der Waals surface area (Å²) >= 11 is 1.33. The summed E-state index contributed by atoms with van der Waals surface area (Å²) in [6, 6.07) is 0. The van der Waals surface area contributed by atoms with Gasteiger partial charge in [0.15, 0.2) is 5.13 Å². The van der Waals surface area contributed by atoms with E-state index in [4.69, 9.17) is 5.73 Å². The summed E-state index contributed by atoms with van der Waals surface area (Å²) < 4.78 is 0. The lowest BCUT2D eigenvalue weighted by Gasteiger charge is -2.24. The molecule has 0 bridgehead atoms. The molecule has 0 saturated carbocycles. The van der Waals surface area contributed by atoms with Crippen molar-refractivity contribution in [2.45, 2.75) is 46.5 Å². The van der Waals surface area contributed by atoms with E-state index in [0.29, 0.717) is 17.2 Å². The number of nitrogens with one attached hydrogen (secondary N) is 1. The molecule has 0 spiro atoms. The molecule has 1 heterocycles. The van der Waals surface area contributed by atoms with Crippen LogP contribution in [0.25, 0.3) is 0 Å². The zero-order valence-corrected chi connectivity index (χ0v) is 14.6. The van der Waals surface area contributed by atoms with Crippen molar-refractivity contribution >= 4 is 28.2 Å². The number of rotatable bonds is 8. The van der Waals surface area contributed by atoms with Gasteiger partial charge in [0.1, 0.15) is 10.7 Å².